The van der Waals surface area contributed by atoms with Gasteiger partial charge in [0.25, 0.3) is 10.0 Å². The maximum Gasteiger partial charge on any atom is 0.261 e. The van der Waals surface area contributed by atoms with Crippen molar-refractivity contribution in [3.8, 4) is 0 Å². The first kappa shape index (κ1) is 19.3. The Balaban J connectivity index is 1.69. The molecule has 28 heavy (non-hydrogen) atoms. The van der Waals surface area contributed by atoms with Crippen molar-refractivity contribution in [2.75, 3.05) is 10.0 Å². The predicted molar refractivity (Wildman–Crippen MR) is 108 cm³/mol. The highest BCUT2D eigenvalue weighted by molar-refractivity contribution is 7.92. The van der Waals surface area contributed by atoms with Crippen LogP contribution in [0.25, 0.3) is 0 Å². The van der Waals surface area contributed by atoms with Crippen LogP contribution in [-0.2, 0) is 14.8 Å². The van der Waals surface area contributed by atoms with E-state index in [4.69, 9.17) is 0 Å². The highest BCUT2D eigenvalue weighted by Crippen LogP contribution is 2.19. The Morgan fingerprint density at radius 1 is 0.750 bits per heavy atom. The Morgan fingerprint density at radius 2 is 1.36 bits per heavy atom. The van der Waals surface area contributed by atoms with E-state index >= 15 is 0 Å². The Bertz CT molecular complexity index is 1080. The molecular weight excluding hydrogens is 376 g/mol. The van der Waals surface area contributed by atoms with Crippen LogP contribution in [0.1, 0.15) is 16.8 Å². The van der Waals surface area contributed by atoms with Crippen LogP contribution in [0.2, 0.25) is 0 Å². The molecule has 3 aromatic carbocycles. The van der Waals surface area contributed by atoms with Crippen molar-refractivity contribution in [1.29, 1.82) is 0 Å². The number of benzene rings is 3. The standard InChI is InChI=1S/C21H18N2O4S/c24-20(16-8-3-1-4-9-16)15-21(25)22-18-12-7-13-19(14-18)28(26,27)23-17-10-5-2-6-11-17/h1-14,23H,15H2,(H,22,25). The maximum absolute atomic E-state index is 12.5. The molecule has 0 spiro atoms. The summed E-state index contributed by atoms with van der Waals surface area (Å²) in [6.45, 7) is 0. The zero-order chi connectivity index (χ0) is 20.0. The molecule has 1 amide bonds. The van der Waals surface area contributed by atoms with Gasteiger partial charge >= 0.3 is 0 Å². The van der Waals surface area contributed by atoms with Gasteiger partial charge in [-0.1, -0.05) is 54.6 Å². The third-order valence-electron chi connectivity index (χ3n) is 3.87. The first-order chi connectivity index (χ1) is 13.4. The van der Waals surface area contributed by atoms with Gasteiger partial charge in [0.15, 0.2) is 5.78 Å². The average molecular weight is 394 g/mol. The van der Waals surface area contributed by atoms with Crippen LogP contribution in [0.15, 0.2) is 89.8 Å². The lowest BCUT2D eigenvalue weighted by Gasteiger charge is -2.10. The molecule has 0 radical (unpaired) electrons. The summed E-state index contributed by atoms with van der Waals surface area (Å²) >= 11 is 0. The second-order valence-corrected chi connectivity index (χ2v) is 7.70. The average Bonchev–Trinajstić information content (AvgIpc) is 2.69. The van der Waals surface area contributed by atoms with Crippen molar-refractivity contribution < 1.29 is 18.0 Å². The summed E-state index contributed by atoms with van der Waals surface area (Å²) in [4.78, 5) is 24.3. The van der Waals surface area contributed by atoms with Gasteiger partial charge in [0, 0.05) is 16.9 Å². The van der Waals surface area contributed by atoms with Crippen molar-refractivity contribution in [1.82, 2.24) is 0 Å². The van der Waals surface area contributed by atoms with Crippen molar-refractivity contribution in [2.45, 2.75) is 11.3 Å². The summed E-state index contributed by atoms with van der Waals surface area (Å²) in [6.07, 6.45) is -0.330. The minimum absolute atomic E-state index is 0.00328. The van der Waals surface area contributed by atoms with Gasteiger partial charge in [-0.2, -0.15) is 0 Å². The van der Waals surface area contributed by atoms with E-state index in [9.17, 15) is 18.0 Å². The number of hydrogen-bond donors (Lipinski definition) is 2. The van der Waals surface area contributed by atoms with Gasteiger partial charge in [0.1, 0.15) is 0 Å². The quantitative estimate of drug-likeness (QED) is 0.472. The predicted octanol–water partition coefficient (Wildman–Crippen LogP) is 3.70. The molecule has 0 bridgehead atoms. The zero-order valence-electron chi connectivity index (χ0n) is 14.8. The van der Waals surface area contributed by atoms with Crippen molar-refractivity contribution >= 4 is 33.1 Å². The molecule has 3 aromatic rings. The molecular formula is C21H18N2O4S. The Kier molecular flexibility index (Phi) is 5.86. The molecule has 0 unspecified atom stereocenters. The number of carbonyl (C=O) groups excluding carboxylic acids is 2. The fourth-order valence-corrected chi connectivity index (χ4v) is 3.64. The molecule has 2 N–H and O–H groups in total. The Labute approximate surface area is 163 Å². The van der Waals surface area contributed by atoms with Gasteiger partial charge in [-0.05, 0) is 30.3 Å². The molecule has 0 heterocycles. The second-order valence-electron chi connectivity index (χ2n) is 6.01. The number of ketones is 1. The lowest BCUT2D eigenvalue weighted by molar-refractivity contribution is -0.115. The molecule has 3 rings (SSSR count). The van der Waals surface area contributed by atoms with Crippen LogP contribution >= 0.6 is 0 Å². The van der Waals surface area contributed by atoms with Crippen LogP contribution < -0.4 is 10.0 Å². The number of hydrogen-bond acceptors (Lipinski definition) is 4. The SMILES string of the molecule is O=C(CC(=O)c1ccccc1)Nc1cccc(S(=O)(=O)Nc2ccccc2)c1. The van der Waals surface area contributed by atoms with Crippen LogP contribution in [0.5, 0.6) is 0 Å². The summed E-state index contributed by atoms with van der Waals surface area (Å²) in [5.41, 5.74) is 1.17. The topological polar surface area (TPSA) is 92.3 Å². The largest absolute Gasteiger partial charge is 0.326 e. The van der Waals surface area contributed by atoms with E-state index < -0.39 is 15.9 Å². The molecule has 6 nitrogen and oxygen atoms in total. The van der Waals surface area contributed by atoms with E-state index in [-0.39, 0.29) is 17.1 Å². The molecule has 0 aliphatic carbocycles. The summed E-state index contributed by atoms with van der Waals surface area (Å²) in [7, 11) is -3.81. The number of sulfonamides is 1. The van der Waals surface area contributed by atoms with E-state index in [1.54, 1.807) is 66.7 Å². The molecule has 7 heteroatoms. The Morgan fingerprint density at radius 3 is 2.04 bits per heavy atom. The van der Waals surface area contributed by atoms with Crippen molar-refractivity contribution in [3.63, 3.8) is 0 Å². The normalized spacial score (nSPS) is 10.9. The maximum atomic E-state index is 12.5. The van der Waals surface area contributed by atoms with Crippen molar-refractivity contribution in [3.05, 3.63) is 90.5 Å². The van der Waals surface area contributed by atoms with Gasteiger partial charge in [0.05, 0.1) is 11.3 Å². The molecule has 142 valence electrons. The highest BCUT2D eigenvalue weighted by Gasteiger charge is 2.16. The lowest BCUT2D eigenvalue weighted by Crippen LogP contribution is -2.17. The van der Waals surface area contributed by atoms with E-state index in [2.05, 4.69) is 10.0 Å². The molecule has 0 aromatic heterocycles. The van der Waals surface area contributed by atoms with Crippen molar-refractivity contribution in [2.24, 2.45) is 0 Å². The smallest absolute Gasteiger partial charge is 0.261 e. The van der Waals surface area contributed by atoms with E-state index in [1.165, 1.54) is 18.2 Å². The second kappa shape index (κ2) is 8.49. The first-order valence-electron chi connectivity index (χ1n) is 8.50. The number of Topliss-reactive ketones (excluding diaryl/α,β-unsaturated/α-hetero) is 1. The zero-order valence-corrected chi connectivity index (χ0v) is 15.6. The fraction of sp³-hybridized carbons (Fsp3) is 0.0476. The van der Waals surface area contributed by atoms with Crippen LogP contribution in [-0.4, -0.2) is 20.1 Å². The van der Waals surface area contributed by atoms with E-state index in [0.717, 1.165) is 0 Å². The number of carbonyl (C=O) groups is 2. The molecule has 0 saturated heterocycles. The number of rotatable bonds is 7. The number of para-hydroxylation sites is 1. The minimum Gasteiger partial charge on any atom is -0.326 e. The van der Waals surface area contributed by atoms with Gasteiger partial charge in [-0.15, -0.1) is 0 Å². The summed E-state index contributed by atoms with van der Waals surface area (Å²) in [5, 5.41) is 2.57. The number of anilines is 2. The monoisotopic (exact) mass is 394 g/mol. The number of nitrogens with one attached hydrogen (secondary N) is 2. The summed E-state index contributed by atoms with van der Waals surface area (Å²) < 4.78 is 27.5. The van der Waals surface area contributed by atoms with E-state index in [1.807, 2.05) is 0 Å². The minimum atomic E-state index is -3.81. The first-order valence-corrected chi connectivity index (χ1v) is 9.98. The van der Waals surface area contributed by atoms with E-state index in [0.29, 0.717) is 16.9 Å². The molecule has 0 fully saturated rings. The third kappa shape index (κ3) is 5.05. The molecule has 0 aliphatic heterocycles. The van der Waals surface area contributed by atoms with Gasteiger partial charge < -0.3 is 5.32 Å². The molecule has 0 atom stereocenters. The Hall–Kier alpha value is -3.45. The van der Waals surface area contributed by atoms with Crippen LogP contribution in [0.4, 0.5) is 11.4 Å². The van der Waals surface area contributed by atoms with Gasteiger partial charge in [-0.3, -0.25) is 14.3 Å². The van der Waals surface area contributed by atoms with Crippen LogP contribution in [0, 0.1) is 0 Å². The fourth-order valence-electron chi connectivity index (χ4n) is 2.54. The van der Waals surface area contributed by atoms with Crippen LogP contribution in [0.3, 0.4) is 0 Å². The number of amides is 1. The molecule has 0 aliphatic rings. The third-order valence-corrected chi connectivity index (χ3v) is 5.25. The highest BCUT2D eigenvalue weighted by atomic mass is 32.2. The van der Waals surface area contributed by atoms with Gasteiger partial charge in [-0.25, -0.2) is 8.42 Å². The van der Waals surface area contributed by atoms with Gasteiger partial charge in [0.2, 0.25) is 5.91 Å². The summed E-state index contributed by atoms with van der Waals surface area (Å²) in [6, 6.07) is 22.9. The molecule has 0 saturated carbocycles. The summed E-state index contributed by atoms with van der Waals surface area (Å²) in [5.74, 6) is -0.827. The lowest BCUT2D eigenvalue weighted by atomic mass is 10.1.